The molecule has 0 spiro atoms. The number of rotatable bonds is 4. The first-order valence-electron chi connectivity index (χ1n) is 8.34. The normalized spacial score (nSPS) is 17.6. The van der Waals surface area contributed by atoms with E-state index in [2.05, 4.69) is 27.2 Å². The molecule has 6 nitrogen and oxygen atoms in total. The summed E-state index contributed by atoms with van der Waals surface area (Å²) in [5, 5.41) is 12.9. The topological polar surface area (TPSA) is 55.5 Å². The van der Waals surface area contributed by atoms with Crippen LogP contribution in [-0.4, -0.2) is 39.5 Å². The summed E-state index contributed by atoms with van der Waals surface area (Å²) in [5.74, 6) is 2.76. The van der Waals surface area contributed by atoms with Gasteiger partial charge in [-0.05, 0) is 49.9 Å². The molecule has 6 heteroatoms. The molecule has 0 aliphatic carbocycles. The summed E-state index contributed by atoms with van der Waals surface area (Å²) in [5.41, 5.74) is 2.04. The van der Waals surface area contributed by atoms with Crippen LogP contribution < -0.4 is 9.64 Å². The molecule has 0 radical (unpaired) electrons. The lowest BCUT2D eigenvalue weighted by molar-refractivity contribution is 0.408. The highest BCUT2D eigenvalue weighted by molar-refractivity contribution is 5.48. The minimum Gasteiger partial charge on any atom is -0.496 e. The Morgan fingerprint density at radius 3 is 2.92 bits per heavy atom. The molecular weight excluding hydrogens is 302 g/mol. The highest BCUT2D eigenvalue weighted by Gasteiger charge is 2.27. The van der Waals surface area contributed by atoms with Crippen molar-refractivity contribution >= 4 is 11.5 Å². The Morgan fingerprint density at radius 1 is 1.17 bits per heavy atom. The van der Waals surface area contributed by atoms with Crippen molar-refractivity contribution in [3.63, 3.8) is 0 Å². The zero-order chi connectivity index (χ0) is 16.5. The summed E-state index contributed by atoms with van der Waals surface area (Å²) < 4.78 is 7.32. The van der Waals surface area contributed by atoms with E-state index >= 15 is 0 Å². The van der Waals surface area contributed by atoms with Crippen molar-refractivity contribution in [2.45, 2.75) is 32.2 Å². The Labute approximate surface area is 141 Å². The van der Waals surface area contributed by atoms with Crippen molar-refractivity contribution in [1.82, 2.24) is 19.8 Å². The fraction of sp³-hybridized carbons (Fsp3) is 0.389. The maximum atomic E-state index is 5.50. The Balaban J connectivity index is 1.63. The predicted molar refractivity (Wildman–Crippen MR) is 92.6 cm³/mol. The van der Waals surface area contributed by atoms with Crippen molar-refractivity contribution in [2.24, 2.45) is 0 Å². The number of hydrogen-bond acceptors (Lipinski definition) is 5. The van der Waals surface area contributed by atoms with Gasteiger partial charge in [0, 0.05) is 12.6 Å². The highest BCUT2D eigenvalue weighted by Crippen LogP contribution is 2.29. The third-order valence-corrected chi connectivity index (χ3v) is 4.72. The first-order chi connectivity index (χ1) is 11.8. The summed E-state index contributed by atoms with van der Waals surface area (Å²) in [7, 11) is 1.73. The molecule has 0 saturated carbocycles. The van der Waals surface area contributed by atoms with Gasteiger partial charge in [-0.15, -0.1) is 15.3 Å². The second-order valence-electron chi connectivity index (χ2n) is 6.21. The lowest BCUT2D eigenvalue weighted by atomic mass is 10.0. The summed E-state index contributed by atoms with van der Waals surface area (Å²) in [4.78, 5) is 2.39. The van der Waals surface area contributed by atoms with Gasteiger partial charge in [0.1, 0.15) is 11.6 Å². The molecule has 4 rings (SSSR count). The number of methoxy groups -OCH3 is 1. The van der Waals surface area contributed by atoms with E-state index in [-0.39, 0.29) is 0 Å². The molecule has 1 aliphatic rings. The number of nitrogens with zero attached hydrogens (tertiary/aromatic N) is 5. The lowest BCUT2D eigenvalue weighted by Gasteiger charge is -2.26. The summed E-state index contributed by atoms with van der Waals surface area (Å²) in [6.07, 6.45) is 3.31. The Hall–Kier alpha value is -2.63. The summed E-state index contributed by atoms with van der Waals surface area (Å²) >= 11 is 0. The van der Waals surface area contributed by atoms with Gasteiger partial charge in [0.15, 0.2) is 11.5 Å². The number of benzene rings is 1. The molecule has 0 unspecified atom stereocenters. The highest BCUT2D eigenvalue weighted by atomic mass is 16.5. The van der Waals surface area contributed by atoms with E-state index in [4.69, 9.17) is 9.84 Å². The Bertz CT molecular complexity index is 859. The van der Waals surface area contributed by atoms with Crippen LogP contribution in [-0.2, 0) is 6.42 Å². The second-order valence-corrected chi connectivity index (χ2v) is 6.21. The average Bonchev–Trinajstić information content (AvgIpc) is 3.22. The zero-order valence-corrected chi connectivity index (χ0v) is 14.0. The molecule has 1 saturated heterocycles. The molecule has 3 heterocycles. The van der Waals surface area contributed by atoms with E-state index < -0.39 is 0 Å². The Kier molecular flexibility index (Phi) is 3.80. The van der Waals surface area contributed by atoms with E-state index in [1.54, 1.807) is 7.11 Å². The molecule has 1 atom stereocenters. The van der Waals surface area contributed by atoms with Crippen LogP contribution in [0.5, 0.6) is 5.75 Å². The van der Waals surface area contributed by atoms with Crippen LogP contribution in [0.25, 0.3) is 5.65 Å². The van der Waals surface area contributed by atoms with Crippen molar-refractivity contribution in [3.8, 4) is 5.75 Å². The second kappa shape index (κ2) is 6.11. The smallest absolute Gasteiger partial charge is 0.178 e. The Morgan fingerprint density at radius 2 is 2.04 bits per heavy atom. The van der Waals surface area contributed by atoms with Gasteiger partial charge in [-0.1, -0.05) is 18.2 Å². The van der Waals surface area contributed by atoms with Crippen LogP contribution in [0.1, 0.15) is 24.2 Å². The van der Waals surface area contributed by atoms with Crippen LogP contribution in [0.4, 0.5) is 5.82 Å². The molecule has 0 amide bonds. The molecule has 1 aromatic carbocycles. The van der Waals surface area contributed by atoms with Crippen LogP contribution in [0.3, 0.4) is 0 Å². The molecule has 3 aromatic rings. The van der Waals surface area contributed by atoms with Crippen molar-refractivity contribution in [2.75, 3.05) is 18.6 Å². The summed E-state index contributed by atoms with van der Waals surface area (Å²) in [6, 6.07) is 12.7. The van der Waals surface area contributed by atoms with Crippen molar-refractivity contribution in [3.05, 3.63) is 47.8 Å². The number of anilines is 1. The fourth-order valence-electron chi connectivity index (χ4n) is 3.51. The number of aryl methyl sites for hydroxylation is 1. The van der Waals surface area contributed by atoms with Gasteiger partial charge >= 0.3 is 0 Å². The van der Waals surface area contributed by atoms with Crippen molar-refractivity contribution in [1.29, 1.82) is 0 Å². The SMILES string of the molecule is COc1ccccc1C[C@@H]1CCCN1c1ccc2nnc(C)n2n1. The molecule has 0 N–H and O–H groups in total. The molecule has 1 fully saturated rings. The molecular formula is C18H21N5O. The quantitative estimate of drug-likeness (QED) is 0.739. The van der Waals surface area contributed by atoms with E-state index in [1.165, 1.54) is 18.4 Å². The van der Waals surface area contributed by atoms with E-state index in [0.29, 0.717) is 6.04 Å². The third kappa shape index (κ3) is 2.58. The molecule has 0 bridgehead atoms. The van der Waals surface area contributed by atoms with Crippen molar-refractivity contribution < 1.29 is 4.74 Å². The number of hydrogen-bond donors (Lipinski definition) is 0. The number of ether oxygens (including phenoxy) is 1. The first kappa shape index (κ1) is 14.9. The van der Waals surface area contributed by atoms with Crippen LogP contribution in [0.2, 0.25) is 0 Å². The number of fused-ring (bicyclic) bond motifs is 1. The van der Waals surface area contributed by atoms with Gasteiger partial charge < -0.3 is 9.64 Å². The molecule has 124 valence electrons. The molecule has 1 aliphatic heterocycles. The monoisotopic (exact) mass is 323 g/mol. The minimum atomic E-state index is 0.433. The van der Waals surface area contributed by atoms with E-state index in [9.17, 15) is 0 Å². The van der Waals surface area contributed by atoms with Crippen LogP contribution in [0, 0.1) is 6.92 Å². The average molecular weight is 323 g/mol. The largest absolute Gasteiger partial charge is 0.496 e. The van der Waals surface area contributed by atoms with Gasteiger partial charge in [0.25, 0.3) is 0 Å². The van der Waals surface area contributed by atoms with Gasteiger partial charge in [-0.2, -0.15) is 4.52 Å². The zero-order valence-electron chi connectivity index (χ0n) is 14.0. The van der Waals surface area contributed by atoms with E-state index in [1.807, 2.05) is 35.7 Å². The maximum Gasteiger partial charge on any atom is 0.178 e. The summed E-state index contributed by atoms with van der Waals surface area (Å²) in [6.45, 7) is 2.95. The maximum absolute atomic E-state index is 5.50. The van der Waals surface area contributed by atoms with Gasteiger partial charge in [0.05, 0.1) is 7.11 Å². The molecule has 2 aromatic heterocycles. The van der Waals surface area contributed by atoms with Crippen LogP contribution in [0.15, 0.2) is 36.4 Å². The van der Waals surface area contributed by atoms with Gasteiger partial charge in [-0.3, -0.25) is 0 Å². The lowest BCUT2D eigenvalue weighted by Crippen LogP contribution is -2.32. The standard InChI is InChI=1S/C18H21N5O/c1-13-19-20-17-9-10-18(21-23(13)17)22-11-5-7-15(22)12-14-6-3-4-8-16(14)24-2/h3-4,6,8-10,15H,5,7,11-12H2,1-2H3/t15-/m0/s1. The third-order valence-electron chi connectivity index (χ3n) is 4.72. The number of para-hydroxylation sites is 1. The van der Waals surface area contributed by atoms with Gasteiger partial charge in [-0.25, -0.2) is 0 Å². The van der Waals surface area contributed by atoms with E-state index in [0.717, 1.165) is 36.0 Å². The minimum absolute atomic E-state index is 0.433. The van der Waals surface area contributed by atoms with Crippen LogP contribution >= 0.6 is 0 Å². The fourth-order valence-corrected chi connectivity index (χ4v) is 3.51. The molecule has 24 heavy (non-hydrogen) atoms. The first-order valence-corrected chi connectivity index (χ1v) is 8.34. The predicted octanol–water partition coefficient (Wildman–Crippen LogP) is 2.65. The van der Waals surface area contributed by atoms with Gasteiger partial charge in [0.2, 0.25) is 0 Å². The number of aromatic nitrogens is 4.